The van der Waals surface area contributed by atoms with Gasteiger partial charge in [-0.2, -0.15) is 0 Å². The molecule has 3 unspecified atom stereocenters. The third-order valence-corrected chi connectivity index (χ3v) is 14.3. The first-order chi connectivity index (χ1) is 31.9. The molecule has 5 amide bonds. The van der Waals surface area contributed by atoms with Gasteiger partial charge in [-0.1, -0.05) is 18.2 Å². The molecular formula is C49H60N10O7. The standard InChI is InChI=1S/C49H60N10O7/c50-40(38-6-1-2-7-43(38)60)28-42(46(51)52)57-29-34-9-10-35(30-57)58(34)33-4-3-5-36(26-33)66-25-24-54-20-22-56(23-21-54)45(62)15-8-31-16-18-55(19-17-31)32-11-12-37-39(27-32)49(65)59(48(37)64)41-13-14-44(61)53-47(41)63/h1-7,11-12,26-28,31,34-35,41,60H,8-10,13-25,29-30,50-52H2,(H,53,61,63). The first-order valence-corrected chi connectivity index (χ1v) is 23.3. The largest absolute Gasteiger partial charge is 0.507 e. The highest BCUT2D eigenvalue weighted by Crippen LogP contribution is 2.38. The van der Waals surface area contributed by atoms with E-state index in [1.165, 1.54) is 0 Å². The van der Waals surface area contributed by atoms with Crippen molar-refractivity contribution in [1.82, 2.24) is 24.9 Å². The molecule has 0 radical (unpaired) electrons. The van der Waals surface area contributed by atoms with Gasteiger partial charge in [0.25, 0.3) is 11.8 Å². The third kappa shape index (κ3) is 9.21. The van der Waals surface area contributed by atoms with E-state index in [9.17, 15) is 29.1 Å². The number of imide groups is 2. The number of amides is 5. The second-order valence-electron chi connectivity index (χ2n) is 18.4. The lowest BCUT2D eigenvalue weighted by Gasteiger charge is -2.44. The molecule has 2 bridgehead atoms. The van der Waals surface area contributed by atoms with Gasteiger partial charge in [-0.25, -0.2) is 0 Å². The van der Waals surface area contributed by atoms with Crippen molar-refractivity contribution in [3.05, 3.63) is 101 Å². The number of benzene rings is 3. The van der Waals surface area contributed by atoms with E-state index >= 15 is 0 Å². The third-order valence-electron chi connectivity index (χ3n) is 14.3. The number of nitrogens with two attached hydrogens (primary N) is 3. The number of carbonyl (C=O) groups is 5. The van der Waals surface area contributed by atoms with E-state index in [0.717, 1.165) is 99.9 Å². The first-order valence-electron chi connectivity index (χ1n) is 23.3. The molecule has 0 aliphatic carbocycles. The van der Waals surface area contributed by atoms with Crippen molar-refractivity contribution in [2.45, 2.75) is 69.5 Å². The number of nitrogens with zero attached hydrogens (tertiary/aromatic N) is 6. The minimum absolute atomic E-state index is 0.0807. The number of para-hydroxylation sites is 1. The quantitative estimate of drug-likeness (QED) is 0.123. The van der Waals surface area contributed by atoms with Crippen LogP contribution in [0, 0.1) is 5.92 Å². The summed E-state index contributed by atoms with van der Waals surface area (Å²) >= 11 is 0. The Morgan fingerprint density at radius 1 is 0.773 bits per heavy atom. The number of ether oxygens (including phenoxy) is 1. The van der Waals surface area contributed by atoms with E-state index in [4.69, 9.17) is 21.9 Å². The molecule has 5 fully saturated rings. The normalized spacial score (nSPS) is 22.8. The van der Waals surface area contributed by atoms with E-state index in [1.807, 2.05) is 29.2 Å². The summed E-state index contributed by atoms with van der Waals surface area (Å²) in [6, 6.07) is 20.1. The highest BCUT2D eigenvalue weighted by atomic mass is 16.5. The number of hydrogen-bond acceptors (Lipinski definition) is 14. The van der Waals surface area contributed by atoms with Crippen LogP contribution in [-0.4, -0.2) is 138 Å². The summed E-state index contributed by atoms with van der Waals surface area (Å²) in [7, 11) is 0. The molecule has 0 saturated carbocycles. The molecule has 17 nitrogen and oxygen atoms in total. The zero-order valence-electron chi connectivity index (χ0n) is 37.3. The lowest BCUT2D eigenvalue weighted by Crippen LogP contribution is -2.54. The van der Waals surface area contributed by atoms with E-state index in [1.54, 1.807) is 36.4 Å². The number of allylic oxidation sites excluding steroid dienone is 1. The van der Waals surface area contributed by atoms with Gasteiger partial charge in [-0.15, -0.1) is 0 Å². The van der Waals surface area contributed by atoms with Gasteiger partial charge in [0, 0.05) is 113 Å². The zero-order valence-corrected chi connectivity index (χ0v) is 37.3. The van der Waals surface area contributed by atoms with Crippen LogP contribution < -0.4 is 37.1 Å². The highest BCUT2D eigenvalue weighted by molar-refractivity contribution is 6.23. The van der Waals surface area contributed by atoms with E-state index in [2.05, 4.69) is 37.0 Å². The Morgan fingerprint density at radius 3 is 2.21 bits per heavy atom. The summed E-state index contributed by atoms with van der Waals surface area (Å²) in [6.45, 7) is 7.36. The summed E-state index contributed by atoms with van der Waals surface area (Å²) in [5.74, 6) is -0.280. The van der Waals surface area contributed by atoms with Gasteiger partial charge in [0.2, 0.25) is 17.7 Å². The number of hydrogen-bond donors (Lipinski definition) is 5. The number of anilines is 2. The van der Waals surface area contributed by atoms with Crippen LogP contribution in [0.1, 0.15) is 77.6 Å². The Bertz CT molecular complexity index is 2420. The van der Waals surface area contributed by atoms with Crippen molar-refractivity contribution in [2.24, 2.45) is 23.1 Å². The summed E-state index contributed by atoms with van der Waals surface area (Å²) in [4.78, 5) is 76.1. The van der Waals surface area contributed by atoms with Crippen molar-refractivity contribution < 1.29 is 33.8 Å². The number of likely N-dealkylation sites (tertiary alicyclic amines) is 1. The van der Waals surface area contributed by atoms with E-state index in [0.29, 0.717) is 49.0 Å². The van der Waals surface area contributed by atoms with Gasteiger partial charge in [0.1, 0.15) is 30.0 Å². The van der Waals surface area contributed by atoms with Crippen molar-refractivity contribution >= 4 is 46.6 Å². The number of phenols is 1. The topological polar surface area (TPSA) is 224 Å². The molecular weight excluding hydrogens is 841 g/mol. The average molecular weight is 901 g/mol. The average Bonchev–Trinajstić information content (AvgIpc) is 3.73. The fourth-order valence-electron chi connectivity index (χ4n) is 10.7. The summed E-state index contributed by atoms with van der Waals surface area (Å²) in [6.07, 6.45) is 7.26. The Kier molecular flexibility index (Phi) is 12.8. The summed E-state index contributed by atoms with van der Waals surface area (Å²) in [5.41, 5.74) is 23.0. The second-order valence-corrected chi connectivity index (χ2v) is 18.4. The molecule has 66 heavy (non-hydrogen) atoms. The number of aromatic hydroxyl groups is 1. The molecule has 0 spiro atoms. The number of rotatable bonds is 13. The van der Waals surface area contributed by atoms with Crippen molar-refractivity contribution in [3.8, 4) is 11.5 Å². The molecule has 0 aromatic heterocycles. The van der Waals surface area contributed by atoms with Crippen LogP contribution in [-0.2, 0) is 14.4 Å². The van der Waals surface area contributed by atoms with Crippen LogP contribution in [0.5, 0.6) is 11.5 Å². The molecule has 6 aliphatic rings. The molecule has 348 valence electrons. The van der Waals surface area contributed by atoms with Crippen LogP contribution in [0.3, 0.4) is 0 Å². The second kappa shape index (κ2) is 19.0. The van der Waals surface area contributed by atoms with Gasteiger partial charge in [-0.3, -0.25) is 39.1 Å². The maximum Gasteiger partial charge on any atom is 0.262 e. The van der Waals surface area contributed by atoms with Gasteiger partial charge >= 0.3 is 0 Å². The van der Waals surface area contributed by atoms with Gasteiger partial charge < -0.3 is 46.6 Å². The Labute approximate surface area is 384 Å². The molecule has 5 saturated heterocycles. The number of fused-ring (bicyclic) bond motifs is 3. The summed E-state index contributed by atoms with van der Waals surface area (Å²) < 4.78 is 6.30. The molecule has 3 atom stereocenters. The Morgan fingerprint density at radius 2 is 1.50 bits per heavy atom. The molecule has 3 aromatic rings. The minimum Gasteiger partial charge on any atom is -0.507 e. The Hall–Kier alpha value is -6.75. The molecule has 17 heteroatoms. The predicted molar refractivity (Wildman–Crippen MR) is 249 cm³/mol. The predicted octanol–water partition coefficient (Wildman–Crippen LogP) is 2.75. The Balaban J connectivity index is 0.689. The number of phenolic OH excluding ortho intramolecular Hbond substituents is 1. The number of piperidine rings is 2. The molecule has 3 aromatic carbocycles. The molecule has 8 N–H and O–H groups in total. The van der Waals surface area contributed by atoms with Gasteiger partial charge in [0.15, 0.2) is 0 Å². The smallest absolute Gasteiger partial charge is 0.262 e. The fraction of sp³-hybridized carbons (Fsp3) is 0.449. The number of carbonyl (C=O) groups excluding carboxylic acids is 5. The number of piperazine rings is 2. The van der Waals surface area contributed by atoms with Crippen LogP contribution >= 0.6 is 0 Å². The maximum atomic E-state index is 13.3. The lowest BCUT2D eigenvalue weighted by molar-refractivity contribution is -0.136. The van der Waals surface area contributed by atoms with Crippen LogP contribution in [0.25, 0.3) is 5.70 Å². The van der Waals surface area contributed by atoms with Crippen LogP contribution in [0.15, 0.2) is 84.3 Å². The van der Waals surface area contributed by atoms with Crippen LogP contribution in [0.4, 0.5) is 11.4 Å². The molecule has 9 rings (SSSR count). The van der Waals surface area contributed by atoms with Gasteiger partial charge in [0.05, 0.1) is 16.8 Å². The fourth-order valence-corrected chi connectivity index (χ4v) is 10.7. The van der Waals surface area contributed by atoms with Gasteiger partial charge in [-0.05, 0) is 93.0 Å². The monoisotopic (exact) mass is 900 g/mol. The SMILES string of the molecule is NC(=CC(=C(N)N)N1CC2CCC(C1)N2c1cccc(OCCN2CCN(C(=O)CCC3CCN(c4ccc5c(c4)C(=O)N(C4CCC(=O)NC4=O)C5=O)CC3)CC2)c1)c1ccccc1O. The van der Waals surface area contributed by atoms with E-state index < -0.39 is 29.7 Å². The highest BCUT2D eigenvalue weighted by Gasteiger charge is 2.45. The lowest BCUT2D eigenvalue weighted by atomic mass is 9.91. The summed E-state index contributed by atoms with van der Waals surface area (Å²) in [5, 5.41) is 12.6. The van der Waals surface area contributed by atoms with Crippen molar-refractivity contribution in [3.63, 3.8) is 0 Å². The van der Waals surface area contributed by atoms with Crippen LogP contribution in [0.2, 0.25) is 0 Å². The first kappa shape index (κ1) is 44.5. The molecule has 6 aliphatic heterocycles. The minimum atomic E-state index is -0.988. The molecule has 6 heterocycles. The maximum absolute atomic E-state index is 13.3. The van der Waals surface area contributed by atoms with E-state index in [-0.39, 0.29) is 53.5 Å². The zero-order chi connectivity index (χ0) is 46.1. The number of nitrogens with one attached hydrogen (secondary N) is 1. The van der Waals surface area contributed by atoms with Crippen molar-refractivity contribution in [1.29, 1.82) is 0 Å². The van der Waals surface area contributed by atoms with Crippen molar-refractivity contribution in [2.75, 3.05) is 75.3 Å².